The van der Waals surface area contributed by atoms with Gasteiger partial charge in [0, 0.05) is 17.7 Å². The fraction of sp³-hybridized carbons (Fsp3) is 0.500. The second-order valence-corrected chi connectivity index (χ2v) is 10.6. The summed E-state index contributed by atoms with van der Waals surface area (Å²) >= 11 is 0. The number of sulfone groups is 2. The van der Waals surface area contributed by atoms with Crippen LogP contribution in [0.5, 0.6) is 5.75 Å². The minimum absolute atomic E-state index is 0.00869. The summed E-state index contributed by atoms with van der Waals surface area (Å²) in [6, 6.07) is 2.88. The van der Waals surface area contributed by atoms with Crippen LogP contribution in [0.1, 0.15) is 20.3 Å². The molecule has 0 saturated heterocycles. The maximum atomic E-state index is 12.4. The van der Waals surface area contributed by atoms with Crippen molar-refractivity contribution in [2.75, 3.05) is 24.3 Å². The molecule has 0 aliphatic rings. The van der Waals surface area contributed by atoms with E-state index in [9.17, 15) is 16.8 Å². The van der Waals surface area contributed by atoms with Gasteiger partial charge in [0.15, 0.2) is 15.7 Å². The van der Waals surface area contributed by atoms with Crippen molar-refractivity contribution >= 4 is 36.4 Å². The zero-order valence-corrected chi connectivity index (χ0v) is 15.4. The number of hydrogen-bond acceptors (Lipinski definition) is 7. The molecular weight excluding hydrogens is 354 g/mol. The van der Waals surface area contributed by atoms with Gasteiger partial charge in [0.2, 0.25) is 0 Å². The Kier molecular flexibility index (Phi) is 5.09. The van der Waals surface area contributed by atoms with Gasteiger partial charge >= 0.3 is 0 Å². The van der Waals surface area contributed by atoms with Crippen LogP contribution in [0.4, 0.5) is 5.82 Å². The fourth-order valence-electron chi connectivity index (χ4n) is 2.14. The molecule has 0 saturated carbocycles. The molecule has 0 spiro atoms. The smallest absolute Gasteiger partial charge is 0.180 e. The van der Waals surface area contributed by atoms with E-state index in [0.29, 0.717) is 17.3 Å². The number of aromatic amines is 1. The van der Waals surface area contributed by atoms with Crippen molar-refractivity contribution in [3.05, 3.63) is 12.1 Å². The molecule has 134 valence electrons. The number of hydrogen-bond donors (Lipinski definition) is 2. The number of fused-ring (bicyclic) bond motifs is 1. The first-order chi connectivity index (χ1) is 11.0. The van der Waals surface area contributed by atoms with E-state index in [1.807, 2.05) is 0 Å². The number of nitrogens with two attached hydrogens (primary N) is 1. The molecule has 0 fully saturated rings. The van der Waals surface area contributed by atoms with Gasteiger partial charge in [-0.1, -0.05) is 0 Å². The molecule has 0 amide bonds. The lowest BCUT2D eigenvalue weighted by molar-refractivity contribution is 0.320. The first-order valence-corrected chi connectivity index (χ1v) is 10.9. The lowest BCUT2D eigenvalue weighted by Crippen LogP contribution is -2.14. The van der Waals surface area contributed by atoms with Crippen LogP contribution in [-0.4, -0.2) is 50.9 Å². The average molecular weight is 375 g/mol. The van der Waals surface area contributed by atoms with E-state index in [1.165, 1.54) is 12.1 Å². The number of benzene rings is 1. The van der Waals surface area contributed by atoms with Crippen molar-refractivity contribution in [1.29, 1.82) is 0 Å². The number of ether oxygens (including phenoxy) is 1. The Hall–Kier alpha value is -1.81. The normalized spacial score (nSPS) is 12.8. The van der Waals surface area contributed by atoms with Gasteiger partial charge in [0.25, 0.3) is 0 Å². The van der Waals surface area contributed by atoms with Gasteiger partial charge in [-0.15, -0.1) is 0 Å². The highest BCUT2D eigenvalue weighted by Crippen LogP contribution is 2.32. The molecular formula is C14H21N3O5S2. The second-order valence-electron chi connectivity index (χ2n) is 5.88. The molecule has 0 unspecified atom stereocenters. The van der Waals surface area contributed by atoms with E-state index in [1.54, 1.807) is 13.8 Å². The van der Waals surface area contributed by atoms with Crippen LogP contribution < -0.4 is 10.5 Å². The molecule has 1 aromatic heterocycles. The number of H-pyrrole nitrogens is 1. The average Bonchev–Trinajstić information content (AvgIpc) is 2.84. The fourth-order valence-corrected chi connectivity index (χ4v) is 3.88. The van der Waals surface area contributed by atoms with Crippen molar-refractivity contribution in [3.63, 3.8) is 0 Å². The summed E-state index contributed by atoms with van der Waals surface area (Å²) in [6.45, 7) is 3.31. The molecule has 2 rings (SSSR count). The van der Waals surface area contributed by atoms with Crippen molar-refractivity contribution in [2.24, 2.45) is 0 Å². The number of anilines is 1. The summed E-state index contributed by atoms with van der Waals surface area (Å²) in [5, 5.41) is 6.44. The van der Waals surface area contributed by atoms with Crippen molar-refractivity contribution < 1.29 is 21.6 Å². The number of nitrogens with one attached hydrogen (secondary N) is 1. The molecule has 1 heterocycles. The highest BCUT2D eigenvalue weighted by atomic mass is 32.2. The Bertz CT molecular complexity index is 946. The SMILES string of the molecule is CC(C)S(=O)(=O)c1cc(OCCCS(C)(=O)=O)c2[nH]nc(N)c2c1. The Morgan fingerprint density at radius 2 is 1.92 bits per heavy atom. The summed E-state index contributed by atoms with van der Waals surface area (Å²) in [5.74, 6) is 0.446. The summed E-state index contributed by atoms with van der Waals surface area (Å²) in [5.41, 5.74) is 6.25. The predicted octanol–water partition coefficient (Wildman–Crippen LogP) is 1.14. The van der Waals surface area contributed by atoms with Crippen molar-refractivity contribution in [2.45, 2.75) is 30.4 Å². The van der Waals surface area contributed by atoms with Gasteiger partial charge < -0.3 is 10.5 Å². The van der Waals surface area contributed by atoms with Crippen LogP contribution >= 0.6 is 0 Å². The van der Waals surface area contributed by atoms with Gasteiger partial charge in [0.1, 0.15) is 21.1 Å². The Morgan fingerprint density at radius 1 is 1.25 bits per heavy atom. The molecule has 0 radical (unpaired) electrons. The monoisotopic (exact) mass is 375 g/mol. The number of aromatic nitrogens is 2. The van der Waals surface area contributed by atoms with Crippen LogP contribution in [0.25, 0.3) is 10.9 Å². The Labute approximate surface area is 141 Å². The van der Waals surface area contributed by atoms with E-state index in [2.05, 4.69) is 10.2 Å². The number of nitrogens with zero attached hydrogens (tertiary/aromatic N) is 1. The highest BCUT2D eigenvalue weighted by Gasteiger charge is 2.23. The van der Waals surface area contributed by atoms with Crippen LogP contribution in [0.2, 0.25) is 0 Å². The summed E-state index contributed by atoms with van der Waals surface area (Å²) in [7, 11) is -6.59. The van der Waals surface area contributed by atoms with Gasteiger partial charge in [-0.05, 0) is 26.3 Å². The minimum Gasteiger partial charge on any atom is -0.491 e. The maximum absolute atomic E-state index is 12.4. The lowest BCUT2D eigenvalue weighted by atomic mass is 10.2. The van der Waals surface area contributed by atoms with E-state index >= 15 is 0 Å². The summed E-state index contributed by atoms with van der Waals surface area (Å²) in [4.78, 5) is 0.0937. The first kappa shape index (κ1) is 18.5. The largest absolute Gasteiger partial charge is 0.491 e. The quantitative estimate of drug-likeness (QED) is 0.693. The Morgan fingerprint density at radius 3 is 2.50 bits per heavy atom. The summed E-state index contributed by atoms with van der Waals surface area (Å²) < 4.78 is 52.7. The topological polar surface area (TPSA) is 132 Å². The van der Waals surface area contributed by atoms with Gasteiger partial charge in [0.05, 0.1) is 22.5 Å². The van der Waals surface area contributed by atoms with E-state index in [0.717, 1.165) is 6.26 Å². The van der Waals surface area contributed by atoms with E-state index in [4.69, 9.17) is 10.5 Å². The molecule has 10 heteroatoms. The van der Waals surface area contributed by atoms with Crippen LogP contribution in [0, 0.1) is 0 Å². The zero-order chi connectivity index (χ0) is 18.1. The molecule has 0 aliphatic carbocycles. The third-order valence-electron chi connectivity index (χ3n) is 3.51. The molecule has 2 aromatic rings. The summed E-state index contributed by atoms with van der Waals surface area (Å²) in [6.07, 6.45) is 1.45. The molecule has 0 aliphatic heterocycles. The zero-order valence-electron chi connectivity index (χ0n) is 13.7. The molecule has 24 heavy (non-hydrogen) atoms. The van der Waals surface area contributed by atoms with Crippen molar-refractivity contribution in [3.8, 4) is 5.75 Å². The molecule has 8 nitrogen and oxygen atoms in total. The third kappa shape index (κ3) is 3.99. The molecule has 1 aromatic carbocycles. The van der Waals surface area contributed by atoms with Crippen molar-refractivity contribution in [1.82, 2.24) is 10.2 Å². The van der Waals surface area contributed by atoms with E-state index in [-0.39, 0.29) is 28.8 Å². The Balaban J connectivity index is 2.38. The first-order valence-electron chi connectivity index (χ1n) is 7.34. The third-order valence-corrected chi connectivity index (χ3v) is 6.67. The molecule has 0 atom stereocenters. The van der Waals surface area contributed by atoms with E-state index < -0.39 is 24.9 Å². The predicted molar refractivity (Wildman–Crippen MR) is 92.7 cm³/mol. The second kappa shape index (κ2) is 6.60. The lowest BCUT2D eigenvalue weighted by Gasteiger charge is -2.12. The van der Waals surface area contributed by atoms with Gasteiger partial charge in [-0.2, -0.15) is 5.10 Å². The van der Waals surface area contributed by atoms with Crippen LogP contribution in [0.15, 0.2) is 17.0 Å². The molecule has 3 N–H and O–H groups in total. The van der Waals surface area contributed by atoms with Crippen LogP contribution in [-0.2, 0) is 19.7 Å². The highest BCUT2D eigenvalue weighted by molar-refractivity contribution is 7.92. The minimum atomic E-state index is -3.51. The molecule has 0 bridgehead atoms. The maximum Gasteiger partial charge on any atom is 0.180 e. The van der Waals surface area contributed by atoms with Gasteiger partial charge in [-0.25, -0.2) is 16.8 Å². The standard InChI is InChI=1S/C14H21N3O5S2/c1-9(2)24(20,21)10-7-11-13(16-17-14(11)15)12(8-10)22-5-4-6-23(3,18)19/h7-9H,4-6H2,1-3H3,(H3,15,16,17). The number of rotatable bonds is 7. The van der Waals surface area contributed by atoms with Gasteiger partial charge in [-0.3, -0.25) is 5.10 Å². The van der Waals surface area contributed by atoms with Crippen LogP contribution in [0.3, 0.4) is 0 Å². The number of nitrogen functional groups attached to an aromatic ring is 1.